The molecular weight excluding hydrogens is 300 g/mol. The van der Waals surface area contributed by atoms with Crippen LogP contribution in [0.4, 0.5) is 11.4 Å². The van der Waals surface area contributed by atoms with E-state index in [4.69, 9.17) is 0 Å². The minimum absolute atomic E-state index is 1.00. The fourth-order valence-corrected chi connectivity index (χ4v) is 2.46. The van der Waals surface area contributed by atoms with Crippen LogP contribution in [0.3, 0.4) is 0 Å². The van der Waals surface area contributed by atoms with Crippen LogP contribution in [0.5, 0.6) is 0 Å². The summed E-state index contributed by atoms with van der Waals surface area (Å²) in [6.07, 6.45) is 1.04. The molecule has 2 aromatic carbocycles. The Morgan fingerprint density at radius 1 is 1.11 bits per heavy atom. The Hall–Kier alpha value is -1.48. The van der Waals surface area contributed by atoms with Gasteiger partial charge in [-0.3, -0.25) is 0 Å². The molecule has 2 rings (SSSR count). The number of hydrogen-bond acceptors (Lipinski definition) is 2. The van der Waals surface area contributed by atoms with E-state index < -0.39 is 0 Å². The Morgan fingerprint density at radius 3 is 2.63 bits per heavy atom. The number of nitrogens with zero attached hydrogens (tertiary/aromatic N) is 1. The molecule has 0 aliphatic carbocycles. The highest BCUT2D eigenvalue weighted by Gasteiger charge is 2.02. The molecule has 0 saturated carbocycles. The van der Waals surface area contributed by atoms with Crippen molar-refractivity contribution in [3.05, 3.63) is 58.6 Å². The van der Waals surface area contributed by atoms with Crippen molar-refractivity contribution >= 4 is 27.3 Å². The summed E-state index contributed by atoms with van der Waals surface area (Å²) in [5.41, 5.74) is 3.74. The minimum Gasteiger partial charge on any atom is -0.388 e. The van der Waals surface area contributed by atoms with Crippen LogP contribution in [0, 0.1) is 0 Å². The molecule has 0 spiro atoms. The van der Waals surface area contributed by atoms with Crippen LogP contribution in [0.15, 0.2) is 53.0 Å². The van der Waals surface area contributed by atoms with E-state index in [9.17, 15) is 0 Å². The molecule has 0 aliphatic heterocycles. The second-order valence-corrected chi connectivity index (χ2v) is 5.52. The standard InChI is InChI=1S/C16H19BrN2/c1-18-15-7-4-8-16(12-15)19(2)10-9-13-5-3-6-14(17)11-13/h3-8,11-12,18H,9-10H2,1-2H3. The highest BCUT2D eigenvalue weighted by molar-refractivity contribution is 9.10. The lowest BCUT2D eigenvalue weighted by atomic mass is 10.1. The third-order valence-corrected chi connectivity index (χ3v) is 3.69. The number of benzene rings is 2. The zero-order valence-electron chi connectivity index (χ0n) is 11.4. The van der Waals surface area contributed by atoms with E-state index in [2.05, 4.69) is 81.7 Å². The van der Waals surface area contributed by atoms with Gasteiger partial charge in [-0.2, -0.15) is 0 Å². The van der Waals surface area contributed by atoms with Gasteiger partial charge in [-0.05, 0) is 42.3 Å². The number of rotatable bonds is 5. The first-order valence-electron chi connectivity index (χ1n) is 6.42. The van der Waals surface area contributed by atoms with Crippen molar-refractivity contribution in [1.82, 2.24) is 0 Å². The molecule has 0 atom stereocenters. The van der Waals surface area contributed by atoms with Gasteiger partial charge < -0.3 is 10.2 Å². The van der Waals surface area contributed by atoms with E-state index in [0.29, 0.717) is 0 Å². The molecule has 19 heavy (non-hydrogen) atoms. The van der Waals surface area contributed by atoms with Crippen molar-refractivity contribution in [1.29, 1.82) is 0 Å². The summed E-state index contributed by atoms with van der Waals surface area (Å²) in [7, 11) is 4.08. The van der Waals surface area contributed by atoms with E-state index >= 15 is 0 Å². The summed E-state index contributed by atoms with van der Waals surface area (Å²) in [5, 5.41) is 3.17. The topological polar surface area (TPSA) is 15.3 Å². The Labute approximate surface area is 123 Å². The van der Waals surface area contributed by atoms with Crippen LogP contribution in [0.2, 0.25) is 0 Å². The fraction of sp³-hybridized carbons (Fsp3) is 0.250. The monoisotopic (exact) mass is 318 g/mol. The highest BCUT2D eigenvalue weighted by Crippen LogP contribution is 2.19. The van der Waals surface area contributed by atoms with Crippen molar-refractivity contribution in [2.24, 2.45) is 0 Å². The highest BCUT2D eigenvalue weighted by atomic mass is 79.9. The average molecular weight is 319 g/mol. The van der Waals surface area contributed by atoms with Crippen LogP contribution >= 0.6 is 15.9 Å². The fourth-order valence-electron chi connectivity index (χ4n) is 2.02. The molecule has 3 heteroatoms. The molecule has 2 aromatic rings. The van der Waals surface area contributed by atoms with E-state index in [-0.39, 0.29) is 0 Å². The van der Waals surface area contributed by atoms with Crippen LogP contribution < -0.4 is 10.2 Å². The van der Waals surface area contributed by atoms with Crippen LogP contribution in [0.1, 0.15) is 5.56 Å². The van der Waals surface area contributed by atoms with Crippen LogP contribution in [-0.4, -0.2) is 20.6 Å². The zero-order valence-corrected chi connectivity index (χ0v) is 12.9. The maximum Gasteiger partial charge on any atom is 0.0384 e. The molecule has 1 N–H and O–H groups in total. The number of nitrogens with one attached hydrogen (secondary N) is 1. The van der Waals surface area contributed by atoms with E-state index in [1.54, 1.807) is 0 Å². The summed E-state index contributed by atoms with van der Waals surface area (Å²) < 4.78 is 1.14. The molecule has 100 valence electrons. The van der Waals surface area contributed by atoms with Gasteiger partial charge in [0.2, 0.25) is 0 Å². The van der Waals surface area contributed by atoms with Gasteiger partial charge >= 0.3 is 0 Å². The largest absolute Gasteiger partial charge is 0.388 e. The van der Waals surface area contributed by atoms with E-state index in [0.717, 1.165) is 23.1 Å². The minimum atomic E-state index is 1.00. The molecule has 0 fully saturated rings. The van der Waals surface area contributed by atoms with Gasteiger partial charge in [0.25, 0.3) is 0 Å². The first-order valence-corrected chi connectivity index (χ1v) is 7.22. The second-order valence-electron chi connectivity index (χ2n) is 4.60. The lowest BCUT2D eigenvalue weighted by Gasteiger charge is -2.20. The van der Waals surface area contributed by atoms with Gasteiger partial charge in [-0.1, -0.05) is 34.1 Å². The molecule has 2 nitrogen and oxygen atoms in total. The Balaban J connectivity index is 1.99. The normalized spacial score (nSPS) is 10.3. The number of hydrogen-bond donors (Lipinski definition) is 1. The van der Waals surface area contributed by atoms with Crippen molar-refractivity contribution < 1.29 is 0 Å². The first kappa shape index (κ1) is 13.9. The van der Waals surface area contributed by atoms with Crippen LogP contribution in [-0.2, 0) is 6.42 Å². The smallest absolute Gasteiger partial charge is 0.0384 e. The Kier molecular flexibility index (Phi) is 4.86. The van der Waals surface area contributed by atoms with E-state index in [1.165, 1.54) is 11.3 Å². The average Bonchev–Trinajstić information content (AvgIpc) is 2.45. The van der Waals surface area contributed by atoms with Gasteiger partial charge in [0.15, 0.2) is 0 Å². The summed E-state index contributed by atoms with van der Waals surface area (Å²) in [5.74, 6) is 0. The van der Waals surface area contributed by atoms with Gasteiger partial charge in [-0.25, -0.2) is 0 Å². The predicted molar refractivity (Wildman–Crippen MR) is 87.1 cm³/mol. The van der Waals surface area contributed by atoms with E-state index in [1.807, 2.05) is 7.05 Å². The maximum atomic E-state index is 3.51. The summed E-state index contributed by atoms with van der Waals surface area (Å²) in [6, 6.07) is 17.0. The molecule has 0 unspecified atom stereocenters. The first-order chi connectivity index (χ1) is 9.19. The summed E-state index contributed by atoms with van der Waals surface area (Å²) in [6.45, 7) is 1.00. The molecule has 0 amide bonds. The number of halogens is 1. The third kappa shape index (κ3) is 4.00. The van der Waals surface area contributed by atoms with Crippen molar-refractivity contribution in [2.45, 2.75) is 6.42 Å². The van der Waals surface area contributed by atoms with Crippen molar-refractivity contribution in [3.8, 4) is 0 Å². The number of anilines is 2. The van der Waals surface area contributed by atoms with Crippen molar-refractivity contribution in [3.63, 3.8) is 0 Å². The second kappa shape index (κ2) is 6.62. The molecule has 0 heterocycles. The number of likely N-dealkylation sites (N-methyl/N-ethyl adjacent to an activating group) is 1. The predicted octanol–water partition coefficient (Wildman–Crippen LogP) is 4.17. The Morgan fingerprint density at radius 2 is 1.89 bits per heavy atom. The van der Waals surface area contributed by atoms with Crippen molar-refractivity contribution in [2.75, 3.05) is 30.9 Å². The summed E-state index contributed by atoms with van der Waals surface area (Å²) in [4.78, 5) is 2.28. The van der Waals surface area contributed by atoms with Gasteiger partial charge in [0.05, 0.1) is 0 Å². The molecule has 0 aliphatic rings. The third-order valence-electron chi connectivity index (χ3n) is 3.20. The zero-order chi connectivity index (χ0) is 13.7. The molecule has 0 radical (unpaired) electrons. The summed E-state index contributed by atoms with van der Waals surface area (Å²) >= 11 is 3.51. The maximum absolute atomic E-state index is 3.51. The Bertz CT molecular complexity index is 540. The van der Waals surface area contributed by atoms with Gasteiger partial charge in [0.1, 0.15) is 0 Å². The van der Waals surface area contributed by atoms with Gasteiger partial charge in [0, 0.05) is 36.5 Å². The van der Waals surface area contributed by atoms with Gasteiger partial charge in [-0.15, -0.1) is 0 Å². The molecular formula is C16H19BrN2. The SMILES string of the molecule is CNc1cccc(N(C)CCc2cccc(Br)c2)c1. The quantitative estimate of drug-likeness (QED) is 0.890. The molecule has 0 aromatic heterocycles. The lowest BCUT2D eigenvalue weighted by molar-refractivity contribution is 0.876. The lowest BCUT2D eigenvalue weighted by Crippen LogP contribution is -2.20. The molecule has 0 saturated heterocycles. The molecule has 0 bridgehead atoms. The van der Waals surface area contributed by atoms with Crippen LogP contribution in [0.25, 0.3) is 0 Å².